The van der Waals surface area contributed by atoms with Crippen molar-refractivity contribution < 1.29 is 4.39 Å². The van der Waals surface area contributed by atoms with Crippen molar-refractivity contribution in [3.8, 4) is 0 Å². The molecular formula is C15H21ClFNS. The topological polar surface area (TPSA) is 12.0 Å². The second-order valence-corrected chi connectivity index (χ2v) is 6.82. The number of thioether (sulfide) groups is 1. The van der Waals surface area contributed by atoms with Crippen LogP contribution in [0.4, 0.5) is 4.39 Å². The average Bonchev–Trinajstić information content (AvgIpc) is 2.38. The Kier molecular flexibility index (Phi) is 5.55. The maximum atomic E-state index is 13.1. The molecule has 1 aromatic carbocycles. The standard InChI is InChI=1S/C15H21ClFNS/c1-10(14-7-6-11(17)8-15(14)16)18-12-4-3-5-13(9-12)19-2/h6-8,10,12-13,18H,3-5,9H2,1-2H3. The zero-order valence-corrected chi connectivity index (χ0v) is 13.0. The van der Waals surface area contributed by atoms with Crippen molar-refractivity contribution in [1.82, 2.24) is 5.32 Å². The van der Waals surface area contributed by atoms with Gasteiger partial charge in [0.25, 0.3) is 0 Å². The van der Waals surface area contributed by atoms with E-state index in [0.717, 1.165) is 10.8 Å². The Balaban J connectivity index is 1.98. The molecule has 0 heterocycles. The fourth-order valence-electron chi connectivity index (χ4n) is 2.81. The van der Waals surface area contributed by atoms with Crippen LogP contribution in [0.1, 0.15) is 44.2 Å². The monoisotopic (exact) mass is 301 g/mol. The lowest BCUT2D eigenvalue weighted by Crippen LogP contribution is -2.36. The van der Waals surface area contributed by atoms with E-state index in [-0.39, 0.29) is 11.9 Å². The largest absolute Gasteiger partial charge is 0.307 e. The lowest BCUT2D eigenvalue weighted by Gasteiger charge is -2.31. The molecule has 106 valence electrons. The minimum Gasteiger partial charge on any atom is -0.307 e. The van der Waals surface area contributed by atoms with Crippen LogP contribution in [0.15, 0.2) is 18.2 Å². The summed E-state index contributed by atoms with van der Waals surface area (Å²) in [6.45, 7) is 2.10. The van der Waals surface area contributed by atoms with E-state index in [0.29, 0.717) is 11.1 Å². The molecule has 0 aliphatic heterocycles. The summed E-state index contributed by atoms with van der Waals surface area (Å²) in [5, 5.41) is 4.92. The zero-order valence-electron chi connectivity index (χ0n) is 11.5. The van der Waals surface area contributed by atoms with Crippen molar-refractivity contribution in [1.29, 1.82) is 0 Å². The summed E-state index contributed by atoms with van der Waals surface area (Å²) in [6.07, 6.45) is 7.23. The highest BCUT2D eigenvalue weighted by Crippen LogP contribution is 2.30. The Hall–Kier alpha value is -0.250. The summed E-state index contributed by atoms with van der Waals surface area (Å²) in [5.41, 5.74) is 0.981. The van der Waals surface area contributed by atoms with Crippen molar-refractivity contribution in [3.63, 3.8) is 0 Å². The predicted octanol–water partition coefficient (Wildman–Crippen LogP) is 4.80. The molecule has 3 atom stereocenters. The minimum absolute atomic E-state index is 0.165. The van der Waals surface area contributed by atoms with Gasteiger partial charge in [0, 0.05) is 22.4 Å². The van der Waals surface area contributed by atoms with Crippen LogP contribution in [-0.4, -0.2) is 17.5 Å². The van der Waals surface area contributed by atoms with Crippen molar-refractivity contribution in [2.45, 2.75) is 49.9 Å². The van der Waals surface area contributed by atoms with Gasteiger partial charge in [0.1, 0.15) is 5.82 Å². The summed E-state index contributed by atoms with van der Waals surface area (Å²) in [7, 11) is 0. The lowest BCUT2D eigenvalue weighted by molar-refractivity contribution is 0.353. The fourth-order valence-corrected chi connectivity index (χ4v) is 3.96. The lowest BCUT2D eigenvalue weighted by atomic mass is 9.93. The number of hydrogen-bond acceptors (Lipinski definition) is 2. The number of rotatable bonds is 4. The highest BCUT2D eigenvalue weighted by atomic mass is 35.5. The van der Waals surface area contributed by atoms with Gasteiger partial charge < -0.3 is 5.32 Å². The van der Waals surface area contributed by atoms with E-state index in [4.69, 9.17) is 11.6 Å². The molecule has 1 nitrogen and oxygen atoms in total. The molecule has 1 aliphatic rings. The van der Waals surface area contributed by atoms with Gasteiger partial charge in [-0.3, -0.25) is 0 Å². The maximum Gasteiger partial charge on any atom is 0.124 e. The molecule has 0 spiro atoms. The highest BCUT2D eigenvalue weighted by Gasteiger charge is 2.23. The first-order valence-corrected chi connectivity index (χ1v) is 8.50. The van der Waals surface area contributed by atoms with Gasteiger partial charge in [-0.25, -0.2) is 4.39 Å². The van der Waals surface area contributed by atoms with Gasteiger partial charge >= 0.3 is 0 Å². The Labute approximate surface area is 124 Å². The Morgan fingerprint density at radius 1 is 1.42 bits per heavy atom. The van der Waals surface area contributed by atoms with Crippen LogP contribution < -0.4 is 5.32 Å². The third kappa shape index (κ3) is 4.11. The van der Waals surface area contributed by atoms with E-state index < -0.39 is 0 Å². The first-order valence-electron chi connectivity index (χ1n) is 6.84. The summed E-state index contributed by atoms with van der Waals surface area (Å²) in [4.78, 5) is 0. The van der Waals surface area contributed by atoms with Crippen LogP contribution in [-0.2, 0) is 0 Å². The average molecular weight is 302 g/mol. The van der Waals surface area contributed by atoms with Crippen molar-refractivity contribution in [2.75, 3.05) is 6.26 Å². The van der Waals surface area contributed by atoms with Crippen LogP contribution in [0.25, 0.3) is 0 Å². The second kappa shape index (κ2) is 6.96. The molecule has 1 saturated carbocycles. The molecule has 1 fully saturated rings. The maximum absolute atomic E-state index is 13.1. The van der Waals surface area contributed by atoms with Crippen LogP contribution in [0, 0.1) is 5.82 Å². The van der Waals surface area contributed by atoms with Gasteiger partial charge in [-0.05, 0) is 50.1 Å². The first kappa shape index (κ1) is 15.1. The molecular weight excluding hydrogens is 281 g/mol. The summed E-state index contributed by atoms with van der Waals surface area (Å²) >= 11 is 8.08. The number of halogens is 2. The molecule has 0 bridgehead atoms. The van der Waals surface area contributed by atoms with E-state index in [1.807, 2.05) is 11.8 Å². The van der Waals surface area contributed by atoms with Gasteiger partial charge in [0.2, 0.25) is 0 Å². The molecule has 1 N–H and O–H groups in total. The third-order valence-corrected chi connectivity index (χ3v) is 5.30. The van der Waals surface area contributed by atoms with Crippen molar-refractivity contribution in [2.24, 2.45) is 0 Å². The molecule has 0 saturated heterocycles. The molecule has 4 heteroatoms. The highest BCUT2D eigenvalue weighted by molar-refractivity contribution is 7.99. The summed E-state index contributed by atoms with van der Waals surface area (Å²) in [5.74, 6) is -0.277. The molecule has 1 aromatic rings. The predicted molar refractivity (Wildman–Crippen MR) is 82.5 cm³/mol. The Morgan fingerprint density at radius 2 is 2.21 bits per heavy atom. The molecule has 0 aromatic heterocycles. The Morgan fingerprint density at radius 3 is 2.89 bits per heavy atom. The van der Waals surface area contributed by atoms with Crippen LogP contribution >= 0.6 is 23.4 Å². The molecule has 0 radical (unpaired) electrons. The number of benzene rings is 1. The third-order valence-electron chi connectivity index (χ3n) is 3.87. The normalized spacial score (nSPS) is 25.3. The van der Waals surface area contributed by atoms with Crippen molar-refractivity contribution in [3.05, 3.63) is 34.6 Å². The molecule has 19 heavy (non-hydrogen) atoms. The van der Waals surface area contributed by atoms with Crippen LogP contribution in [0.2, 0.25) is 5.02 Å². The van der Waals surface area contributed by atoms with E-state index in [1.165, 1.54) is 37.8 Å². The van der Waals surface area contributed by atoms with Gasteiger partial charge in [-0.1, -0.05) is 24.1 Å². The number of hydrogen-bond donors (Lipinski definition) is 1. The van der Waals surface area contributed by atoms with Gasteiger partial charge in [-0.2, -0.15) is 11.8 Å². The minimum atomic E-state index is -0.277. The number of nitrogens with one attached hydrogen (secondary N) is 1. The summed E-state index contributed by atoms with van der Waals surface area (Å²) in [6, 6.07) is 5.36. The molecule has 3 unspecified atom stereocenters. The van der Waals surface area contributed by atoms with E-state index >= 15 is 0 Å². The van der Waals surface area contributed by atoms with Crippen molar-refractivity contribution >= 4 is 23.4 Å². The van der Waals surface area contributed by atoms with Gasteiger partial charge in [0.05, 0.1) is 0 Å². The smallest absolute Gasteiger partial charge is 0.124 e. The second-order valence-electron chi connectivity index (χ2n) is 5.28. The van der Waals surface area contributed by atoms with E-state index in [9.17, 15) is 4.39 Å². The van der Waals surface area contributed by atoms with Crippen LogP contribution in [0.3, 0.4) is 0 Å². The van der Waals surface area contributed by atoms with E-state index in [2.05, 4.69) is 18.5 Å². The molecule has 1 aliphatic carbocycles. The van der Waals surface area contributed by atoms with Gasteiger partial charge in [0.15, 0.2) is 0 Å². The molecule has 2 rings (SSSR count). The van der Waals surface area contributed by atoms with Crippen LogP contribution in [0.5, 0.6) is 0 Å². The zero-order chi connectivity index (χ0) is 13.8. The first-order chi connectivity index (χ1) is 9.10. The van der Waals surface area contributed by atoms with E-state index in [1.54, 1.807) is 6.07 Å². The summed E-state index contributed by atoms with van der Waals surface area (Å²) < 4.78 is 13.1. The SMILES string of the molecule is CSC1CCCC(NC(C)c2ccc(F)cc2Cl)C1. The molecule has 0 amide bonds. The fraction of sp³-hybridized carbons (Fsp3) is 0.600. The van der Waals surface area contributed by atoms with Gasteiger partial charge in [-0.15, -0.1) is 0 Å². The Bertz CT molecular complexity index is 427. The quantitative estimate of drug-likeness (QED) is 0.857.